The van der Waals surface area contributed by atoms with Crippen molar-refractivity contribution in [3.8, 4) is 17.2 Å². The smallest absolute Gasteiger partial charge is 0.240 e. The van der Waals surface area contributed by atoms with Crippen LogP contribution in [0.1, 0.15) is 138 Å². The first-order valence-electron chi connectivity index (χ1n) is 21.4. The molecule has 62 heavy (non-hydrogen) atoms. The molecule has 2 aliphatic heterocycles. The molecule has 4 aromatic carbocycles. The molecule has 4 N–H and O–H groups in total. The maximum atomic E-state index is 13.4. The molecule has 13 heteroatoms. The Morgan fingerprint density at radius 3 is 1.77 bits per heavy atom. The molecule has 0 unspecified atom stereocenters. The molecule has 0 aromatic heterocycles. The number of hydrazone groups is 2. The minimum Gasteiger partial charge on any atom is -0.478 e. The average molecular weight is 843 g/mol. The van der Waals surface area contributed by atoms with Crippen LogP contribution in [0.2, 0.25) is 0 Å². The van der Waals surface area contributed by atoms with Crippen molar-refractivity contribution in [1.29, 1.82) is 0 Å². The number of fused-ring (bicyclic) bond motifs is 2. The summed E-state index contributed by atoms with van der Waals surface area (Å²) in [6.45, 7) is 16.8. The van der Waals surface area contributed by atoms with Gasteiger partial charge in [0.05, 0.1) is 0 Å². The lowest BCUT2D eigenvalue weighted by Crippen LogP contribution is -2.37. The molecule has 6 rings (SSSR count). The van der Waals surface area contributed by atoms with E-state index in [0.29, 0.717) is 34.3 Å². The van der Waals surface area contributed by atoms with E-state index in [0.717, 1.165) is 40.0 Å². The molecule has 0 saturated heterocycles. The van der Waals surface area contributed by atoms with Gasteiger partial charge in [0.1, 0.15) is 17.2 Å². The Hall–Kier alpha value is -6.50. The standard InChI is InChI=1S/C49H58N6O7/c1-28(2)25-32-13-11-15-34(29(3)4)45(32)50-41(56)21-23-43(58)52-54-47-37-14-9-10-18-38(37)62-49(33-19-20-39-40(26-33)61-27-60-39)48(47)55-53-44(59)24-22-42(57)51-46-35(30(5)6)16-12-17-36(46)31(7)8/h9-20,26,28-31,49H,21-25,27H2,1-8H3,(H,50,56)(H,51,57)(H,52,58)(H,53,59)/b54-47+,55-48+/t49-/m1/s1. The second kappa shape index (κ2) is 20.4. The van der Waals surface area contributed by atoms with Crippen LogP contribution in [-0.4, -0.2) is 41.8 Å². The van der Waals surface area contributed by atoms with Crippen LogP contribution >= 0.6 is 0 Å². The van der Waals surface area contributed by atoms with Gasteiger partial charge >= 0.3 is 0 Å². The second-order valence-electron chi connectivity index (χ2n) is 17.0. The summed E-state index contributed by atoms with van der Waals surface area (Å²) in [5.74, 6) is 0.910. The lowest BCUT2D eigenvalue weighted by Gasteiger charge is -2.29. The molecule has 4 amide bonds. The van der Waals surface area contributed by atoms with Crippen molar-refractivity contribution in [2.75, 3.05) is 17.4 Å². The zero-order valence-corrected chi connectivity index (χ0v) is 36.9. The number of anilines is 2. The van der Waals surface area contributed by atoms with Gasteiger partial charge in [0.25, 0.3) is 0 Å². The zero-order chi connectivity index (χ0) is 44.5. The van der Waals surface area contributed by atoms with Crippen molar-refractivity contribution in [1.82, 2.24) is 10.9 Å². The minimum atomic E-state index is -0.910. The molecule has 0 radical (unpaired) electrons. The third-order valence-corrected chi connectivity index (χ3v) is 10.7. The summed E-state index contributed by atoms with van der Waals surface area (Å²) >= 11 is 0. The van der Waals surface area contributed by atoms with Gasteiger partial charge in [0.2, 0.25) is 30.4 Å². The quantitative estimate of drug-likeness (QED) is 0.0816. The van der Waals surface area contributed by atoms with Crippen LogP contribution in [0.5, 0.6) is 17.2 Å². The third kappa shape index (κ3) is 11.1. The van der Waals surface area contributed by atoms with Crippen LogP contribution in [-0.2, 0) is 25.6 Å². The third-order valence-electron chi connectivity index (χ3n) is 10.7. The summed E-state index contributed by atoms with van der Waals surface area (Å²) in [7, 11) is 0. The average Bonchev–Trinajstić information content (AvgIpc) is 3.71. The number of nitrogens with zero attached hydrogens (tertiary/aromatic N) is 2. The number of carbonyl (C=O) groups is 4. The highest BCUT2D eigenvalue weighted by molar-refractivity contribution is 6.51. The Labute approximate surface area is 364 Å². The first-order chi connectivity index (χ1) is 29.7. The Morgan fingerprint density at radius 1 is 0.597 bits per heavy atom. The molecule has 0 spiro atoms. The summed E-state index contributed by atoms with van der Waals surface area (Å²) in [4.78, 5) is 53.4. The first-order valence-corrected chi connectivity index (χ1v) is 21.4. The number of rotatable bonds is 16. The van der Waals surface area contributed by atoms with Crippen molar-refractivity contribution >= 4 is 46.4 Å². The zero-order valence-electron chi connectivity index (χ0n) is 36.9. The number of para-hydroxylation sites is 3. The van der Waals surface area contributed by atoms with Crippen LogP contribution in [0.3, 0.4) is 0 Å². The lowest BCUT2D eigenvalue weighted by atomic mass is 9.92. The second-order valence-corrected chi connectivity index (χ2v) is 17.0. The van der Waals surface area contributed by atoms with E-state index >= 15 is 0 Å². The van der Waals surface area contributed by atoms with E-state index in [9.17, 15) is 19.2 Å². The van der Waals surface area contributed by atoms with Crippen LogP contribution in [0, 0.1) is 5.92 Å². The molecule has 2 aliphatic rings. The molecule has 2 heterocycles. The predicted molar refractivity (Wildman–Crippen MR) is 242 cm³/mol. The highest BCUT2D eigenvalue weighted by atomic mass is 16.7. The van der Waals surface area contributed by atoms with Crippen molar-refractivity contribution in [3.63, 3.8) is 0 Å². The summed E-state index contributed by atoms with van der Waals surface area (Å²) in [5.41, 5.74) is 12.5. The fraction of sp³-hybridized carbons (Fsp3) is 0.388. The molecular formula is C49H58N6O7. The summed E-state index contributed by atoms with van der Waals surface area (Å²) in [6, 6.07) is 24.5. The largest absolute Gasteiger partial charge is 0.478 e. The molecule has 0 saturated carbocycles. The fourth-order valence-corrected chi connectivity index (χ4v) is 7.51. The van der Waals surface area contributed by atoms with Gasteiger partial charge in [-0.2, -0.15) is 10.2 Å². The summed E-state index contributed by atoms with van der Waals surface area (Å²) in [5, 5.41) is 15.2. The van der Waals surface area contributed by atoms with Gasteiger partial charge in [-0.25, -0.2) is 10.9 Å². The van der Waals surface area contributed by atoms with E-state index in [1.807, 2.05) is 42.5 Å². The normalized spacial score (nSPS) is 15.5. The Morgan fingerprint density at radius 2 is 1.15 bits per heavy atom. The van der Waals surface area contributed by atoms with Crippen molar-refractivity contribution < 1.29 is 33.4 Å². The molecular weight excluding hydrogens is 785 g/mol. The minimum absolute atomic E-state index is 0.0691. The van der Waals surface area contributed by atoms with E-state index in [1.54, 1.807) is 36.4 Å². The number of benzene rings is 4. The maximum Gasteiger partial charge on any atom is 0.240 e. The van der Waals surface area contributed by atoms with Crippen molar-refractivity contribution in [2.24, 2.45) is 16.1 Å². The van der Waals surface area contributed by atoms with Gasteiger partial charge in [-0.05, 0) is 76.6 Å². The van der Waals surface area contributed by atoms with Crippen LogP contribution in [0.4, 0.5) is 11.4 Å². The van der Waals surface area contributed by atoms with Crippen LogP contribution in [0.25, 0.3) is 0 Å². The number of carbonyl (C=O) groups excluding carboxylic acids is 4. The fourth-order valence-electron chi connectivity index (χ4n) is 7.51. The van der Waals surface area contributed by atoms with Gasteiger partial charge < -0.3 is 24.8 Å². The maximum absolute atomic E-state index is 13.4. The highest BCUT2D eigenvalue weighted by Crippen LogP contribution is 2.39. The van der Waals surface area contributed by atoms with E-state index in [1.165, 1.54) is 0 Å². The van der Waals surface area contributed by atoms with Crippen molar-refractivity contribution in [3.05, 3.63) is 112 Å². The van der Waals surface area contributed by atoms with Gasteiger partial charge in [0, 0.05) is 48.2 Å². The molecule has 0 bridgehead atoms. The summed E-state index contributed by atoms with van der Waals surface area (Å²) < 4.78 is 17.7. The van der Waals surface area contributed by atoms with Gasteiger partial charge in [0.15, 0.2) is 17.6 Å². The van der Waals surface area contributed by atoms with Crippen LogP contribution < -0.4 is 35.7 Å². The molecule has 13 nitrogen and oxygen atoms in total. The molecule has 326 valence electrons. The Balaban J connectivity index is 1.21. The number of ether oxygens (including phenoxy) is 3. The van der Waals surface area contributed by atoms with Crippen molar-refractivity contribution in [2.45, 2.75) is 111 Å². The number of hydrogen-bond donors (Lipinski definition) is 4. The number of nitrogens with one attached hydrogen (secondary N) is 4. The van der Waals surface area contributed by atoms with Gasteiger partial charge in [-0.3, -0.25) is 19.2 Å². The molecule has 0 aliphatic carbocycles. The lowest BCUT2D eigenvalue weighted by molar-refractivity contribution is -0.124. The summed E-state index contributed by atoms with van der Waals surface area (Å²) in [6.07, 6.45) is -0.552. The van der Waals surface area contributed by atoms with Gasteiger partial charge in [-0.15, -0.1) is 0 Å². The molecule has 0 fully saturated rings. The topological polar surface area (TPSA) is 169 Å². The number of amides is 4. The SMILES string of the molecule is CC(C)Cc1cccc(C(C)C)c1NC(=O)CCC(=O)N/N=C1/C(=N\NC(=O)CCC(=O)Nc2c(C(C)C)cccc2C(C)C)[C@@H](c2ccc3c(c2)OCO3)Oc2ccccc21. The first kappa shape index (κ1) is 45.0. The van der Waals surface area contributed by atoms with E-state index in [4.69, 9.17) is 14.2 Å². The van der Waals surface area contributed by atoms with E-state index in [2.05, 4.69) is 87.1 Å². The highest BCUT2D eigenvalue weighted by Gasteiger charge is 2.35. The Bertz CT molecular complexity index is 2340. The predicted octanol–water partition coefficient (Wildman–Crippen LogP) is 9.25. The molecule has 1 atom stereocenters. The van der Waals surface area contributed by atoms with E-state index in [-0.39, 0.29) is 73.5 Å². The van der Waals surface area contributed by atoms with Crippen LogP contribution in [0.15, 0.2) is 89.1 Å². The molecule has 4 aromatic rings. The Kier molecular flexibility index (Phi) is 14.8. The van der Waals surface area contributed by atoms with E-state index < -0.39 is 17.9 Å². The number of hydrogen-bond acceptors (Lipinski definition) is 9. The van der Waals surface area contributed by atoms with Gasteiger partial charge in [-0.1, -0.05) is 110 Å². The monoisotopic (exact) mass is 842 g/mol.